The highest BCUT2D eigenvalue weighted by atomic mass is 32.2. The van der Waals surface area contributed by atoms with Crippen LogP contribution >= 0.6 is 11.8 Å². The largest absolute Gasteiger partial charge is 0.355 e. The van der Waals surface area contributed by atoms with Gasteiger partial charge in [-0.05, 0) is 37.5 Å². The Labute approximate surface area is 115 Å². The Morgan fingerprint density at radius 3 is 2.83 bits per heavy atom. The molecule has 2 aliphatic rings. The molecule has 0 bridgehead atoms. The molecule has 0 aromatic heterocycles. The summed E-state index contributed by atoms with van der Waals surface area (Å²) in [6.45, 7) is 5.42. The summed E-state index contributed by atoms with van der Waals surface area (Å²) in [5.41, 5.74) is 0. The monoisotopic (exact) mass is 270 g/mol. The van der Waals surface area contributed by atoms with Crippen LogP contribution in [0.1, 0.15) is 39.0 Å². The number of rotatable bonds is 6. The van der Waals surface area contributed by atoms with Crippen LogP contribution in [0.5, 0.6) is 0 Å². The Morgan fingerprint density at radius 1 is 1.33 bits per heavy atom. The molecule has 2 fully saturated rings. The number of amides is 1. The number of carbonyl (C=O) groups is 1. The number of nitrogens with zero attached hydrogens (tertiary/aromatic N) is 1. The molecule has 0 spiro atoms. The minimum Gasteiger partial charge on any atom is -0.355 e. The van der Waals surface area contributed by atoms with E-state index in [0.29, 0.717) is 11.7 Å². The highest BCUT2D eigenvalue weighted by Gasteiger charge is 2.29. The van der Waals surface area contributed by atoms with Crippen molar-refractivity contribution < 1.29 is 4.79 Å². The van der Waals surface area contributed by atoms with Crippen LogP contribution in [-0.2, 0) is 4.79 Å². The minimum absolute atomic E-state index is 0.209. The van der Waals surface area contributed by atoms with Crippen molar-refractivity contribution in [1.82, 2.24) is 10.2 Å². The summed E-state index contributed by atoms with van der Waals surface area (Å²) in [6, 6.07) is 0.848. The highest BCUT2D eigenvalue weighted by molar-refractivity contribution is 7.99. The second kappa shape index (κ2) is 7.39. The smallest absolute Gasteiger partial charge is 0.230 e. The molecule has 4 heteroatoms. The van der Waals surface area contributed by atoms with Gasteiger partial charge < -0.3 is 10.2 Å². The second-order valence-electron chi connectivity index (χ2n) is 5.53. The van der Waals surface area contributed by atoms with Gasteiger partial charge in [0.2, 0.25) is 5.91 Å². The maximum Gasteiger partial charge on any atom is 0.230 e. The van der Waals surface area contributed by atoms with Gasteiger partial charge in [0.15, 0.2) is 0 Å². The third-order valence-electron chi connectivity index (χ3n) is 4.18. The van der Waals surface area contributed by atoms with Crippen LogP contribution in [0, 0.1) is 5.92 Å². The Bertz CT molecular complexity index is 267. The molecule has 0 unspecified atom stereocenters. The van der Waals surface area contributed by atoms with Gasteiger partial charge in [-0.25, -0.2) is 0 Å². The zero-order valence-corrected chi connectivity index (χ0v) is 12.3. The molecule has 0 aromatic carbocycles. The zero-order chi connectivity index (χ0) is 12.8. The lowest BCUT2D eigenvalue weighted by atomic mass is 10.1. The minimum atomic E-state index is 0.209. The van der Waals surface area contributed by atoms with Crippen LogP contribution in [0.3, 0.4) is 0 Å². The molecule has 1 heterocycles. The first-order chi connectivity index (χ1) is 8.79. The maximum absolute atomic E-state index is 11.6. The number of carbonyl (C=O) groups excluding carboxylic acids is 1. The number of thioether (sulfide) groups is 1. The van der Waals surface area contributed by atoms with Gasteiger partial charge >= 0.3 is 0 Å². The van der Waals surface area contributed by atoms with Crippen molar-refractivity contribution in [2.24, 2.45) is 5.92 Å². The number of hydrogen-bond donors (Lipinski definition) is 1. The third kappa shape index (κ3) is 4.16. The maximum atomic E-state index is 11.6. The van der Waals surface area contributed by atoms with Crippen molar-refractivity contribution in [3.63, 3.8) is 0 Å². The van der Waals surface area contributed by atoms with Gasteiger partial charge in [0.1, 0.15) is 0 Å². The number of hydrogen-bond acceptors (Lipinski definition) is 3. The van der Waals surface area contributed by atoms with E-state index in [1.54, 1.807) is 11.8 Å². The quantitative estimate of drug-likeness (QED) is 0.802. The van der Waals surface area contributed by atoms with Crippen LogP contribution in [0.15, 0.2) is 0 Å². The molecule has 1 saturated heterocycles. The summed E-state index contributed by atoms with van der Waals surface area (Å²) in [6.07, 6.45) is 6.88. The Balaban J connectivity index is 1.61. The molecule has 0 aromatic rings. The summed E-state index contributed by atoms with van der Waals surface area (Å²) in [5, 5.41) is 3.08. The SMILES string of the molecule is CCSCC(=O)NC[C@@H]1CCN(C2CCCC2)C1. The molecule has 1 aliphatic carbocycles. The van der Waals surface area contributed by atoms with E-state index < -0.39 is 0 Å². The first kappa shape index (κ1) is 14.2. The number of likely N-dealkylation sites (tertiary alicyclic amines) is 1. The average molecular weight is 270 g/mol. The van der Waals surface area contributed by atoms with E-state index in [1.807, 2.05) is 0 Å². The molecular formula is C14H26N2OS. The molecule has 0 radical (unpaired) electrons. The van der Waals surface area contributed by atoms with Gasteiger partial charge in [0.25, 0.3) is 0 Å². The van der Waals surface area contributed by atoms with E-state index >= 15 is 0 Å². The van der Waals surface area contributed by atoms with Crippen molar-refractivity contribution >= 4 is 17.7 Å². The lowest BCUT2D eigenvalue weighted by Crippen LogP contribution is -2.34. The van der Waals surface area contributed by atoms with Gasteiger partial charge in [-0.2, -0.15) is 11.8 Å². The number of nitrogens with one attached hydrogen (secondary N) is 1. The molecule has 1 amide bonds. The van der Waals surface area contributed by atoms with E-state index in [4.69, 9.17) is 0 Å². The van der Waals surface area contributed by atoms with Crippen LogP contribution in [-0.4, -0.2) is 48.0 Å². The third-order valence-corrected chi connectivity index (χ3v) is 5.06. The fourth-order valence-electron chi connectivity index (χ4n) is 3.13. The summed E-state index contributed by atoms with van der Waals surface area (Å²) < 4.78 is 0. The lowest BCUT2D eigenvalue weighted by molar-refractivity contribution is -0.118. The van der Waals surface area contributed by atoms with Crippen molar-refractivity contribution in [3.05, 3.63) is 0 Å². The summed E-state index contributed by atoms with van der Waals surface area (Å²) >= 11 is 1.70. The van der Waals surface area contributed by atoms with E-state index in [9.17, 15) is 4.79 Å². The normalized spacial score (nSPS) is 25.7. The zero-order valence-electron chi connectivity index (χ0n) is 11.5. The van der Waals surface area contributed by atoms with Crippen LogP contribution in [0.4, 0.5) is 0 Å². The molecule has 1 aliphatic heterocycles. The first-order valence-corrected chi connectivity index (χ1v) is 8.53. The second-order valence-corrected chi connectivity index (χ2v) is 6.80. The van der Waals surface area contributed by atoms with Gasteiger partial charge in [-0.1, -0.05) is 19.8 Å². The highest BCUT2D eigenvalue weighted by Crippen LogP contribution is 2.28. The standard InChI is InChI=1S/C14H26N2OS/c1-2-18-11-14(17)15-9-12-7-8-16(10-12)13-5-3-4-6-13/h12-13H,2-11H2,1H3,(H,15,17)/t12-/m0/s1. The fourth-order valence-corrected chi connectivity index (χ4v) is 3.63. The lowest BCUT2D eigenvalue weighted by Gasteiger charge is -2.23. The molecular weight excluding hydrogens is 244 g/mol. The van der Waals surface area contributed by atoms with Crippen LogP contribution in [0.25, 0.3) is 0 Å². The van der Waals surface area contributed by atoms with Crippen molar-refractivity contribution in [2.75, 3.05) is 31.1 Å². The predicted molar refractivity (Wildman–Crippen MR) is 77.9 cm³/mol. The van der Waals surface area contributed by atoms with E-state index in [0.717, 1.165) is 18.3 Å². The molecule has 1 atom stereocenters. The van der Waals surface area contributed by atoms with Crippen molar-refractivity contribution in [1.29, 1.82) is 0 Å². The van der Waals surface area contributed by atoms with Gasteiger partial charge in [0.05, 0.1) is 5.75 Å². The van der Waals surface area contributed by atoms with Crippen LogP contribution < -0.4 is 5.32 Å². The van der Waals surface area contributed by atoms with E-state index in [1.165, 1.54) is 45.2 Å². The first-order valence-electron chi connectivity index (χ1n) is 7.38. The molecule has 3 nitrogen and oxygen atoms in total. The molecule has 104 valence electrons. The van der Waals surface area contributed by atoms with Gasteiger partial charge in [-0.15, -0.1) is 0 Å². The summed E-state index contributed by atoms with van der Waals surface area (Å²) in [5.74, 6) is 2.53. The molecule has 2 rings (SSSR count). The van der Waals surface area contributed by atoms with Crippen molar-refractivity contribution in [2.45, 2.75) is 45.1 Å². The fraction of sp³-hybridized carbons (Fsp3) is 0.929. The summed E-state index contributed by atoms with van der Waals surface area (Å²) in [7, 11) is 0. The molecule has 1 N–H and O–H groups in total. The Kier molecular flexibility index (Phi) is 5.83. The van der Waals surface area contributed by atoms with Crippen LogP contribution in [0.2, 0.25) is 0 Å². The average Bonchev–Trinajstić information content (AvgIpc) is 3.03. The molecule has 18 heavy (non-hydrogen) atoms. The Hall–Kier alpha value is -0.220. The van der Waals surface area contributed by atoms with Gasteiger partial charge in [0, 0.05) is 19.1 Å². The van der Waals surface area contributed by atoms with Crippen molar-refractivity contribution in [3.8, 4) is 0 Å². The predicted octanol–water partition coefficient (Wildman–Crippen LogP) is 2.12. The van der Waals surface area contributed by atoms with Gasteiger partial charge in [-0.3, -0.25) is 4.79 Å². The summed E-state index contributed by atoms with van der Waals surface area (Å²) in [4.78, 5) is 14.2. The Morgan fingerprint density at radius 2 is 2.11 bits per heavy atom. The van der Waals surface area contributed by atoms with E-state index in [2.05, 4.69) is 17.1 Å². The molecule has 1 saturated carbocycles. The van der Waals surface area contributed by atoms with E-state index in [-0.39, 0.29) is 5.91 Å². The topological polar surface area (TPSA) is 32.3 Å².